The lowest BCUT2D eigenvalue weighted by atomic mass is 10.1. The molecule has 1 saturated carbocycles. The number of anilines is 1. The lowest BCUT2D eigenvalue weighted by Crippen LogP contribution is -2.52. The van der Waals surface area contributed by atoms with Crippen LogP contribution in [-0.4, -0.2) is 57.1 Å². The van der Waals surface area contributed by atoms with Gasteiger partial charge in [0, 0.05) is 12.6 Å². The van der Waals surface area contributed by atoms with Gasteiger partial charge in [-0.15, -0.1) is 0 Å². The van der Waals surface area contributed by atoms with Crippen molar-refractivity contribution in [3.05, 3.63) is 84.4 Å². The molecular formula is C31H37N3O6S. The van der Waals surface area contributed by atoms with Crippen LogP contribution in [-0.2, 0) is 26.2 Å². The van der Waals surface area contributed by atoms with Gasteiger partial charge in [-0.25, -0.2) is 8.42 Å². The van der Waals surface area contributed by atoms with Crippen LogP contribution in [0.4, 0.5) is 5.69 Å². The Morgan fingerprint density at radius 1 is 0.927 bits per heavy atom. The minimum atomic E-state index is -3.84. The molecule has 10 heteroatoms. The quantitative estimate of drug-likeness (QED) is 0.333. The van der Waals surface area contributed by atoms with Crippen LogP contribution in [0, 0.1) is 0 Å². The summed E-state index contributed by atoms with van der Waals surface area (Å²) in [6.45, 7) is 1.31. The predicted octanol–water partition coefficient (Wildman–Crippen LogP) is 4.73. The van der Waals surface area contributed by atoms with Gasteiger partial charge in [-0.3, -0.25) is 13.9 Å². The second-order valence-corrected chi connectivity index (χ2v) is 12.1. The molecule has 9 nitrogen and oxygen atoms in total. The molecule has 1 fully saturated rings. The number of carbonyl (C=O) groups is 2. The van der Waals surface area contributed by atoms with Crippen LogP contribution in [0.25, 0.3) is 0 Å². The Hall–Kier alpha value is -4.05. The molecule has 0 unspecified atom stereocenters. The summed E-state index contributed by atoms with van der Waals surface area (Å²) in [7, 11) is -2.29. The van der Waals surface area contributed by atoms with E-state index in [1.165, 1.54) is 4.90 Å². The number of sulfonamides is 1. The van der Waals surface area contributed by atoms with E-state index in [1.807, 2.05) is 42.5 Å². The van der Waals surface area contributed by atoms with Crippen LogP contribution in [0.1, 0.15) is 38.2 Å². The van der Waals surface area contributed by atoms with Crippen molar-refractivity contribution in [3.63, 3.8) is 0 Å². The van der Waals surface area contributed by atoms with Crippen LogP contribution in [0.2, 0.25) is 0 Å². The molecule has 41 heavy (non-hydrogen) atoms. The summed E-state index contributed by atoms with van der Waals surface area (Å²) in [6.07, 6.45) is 4.99. The van der Waals surface area contributed by atoms with Gasteiger partial charge in [-0.05, 0) is 73.9 Å². The second-order valence-electron chi connectivity index (χ2n) is 10.2. The molecule has 3 aromatic carbocycles. The van der Waals surface area contributed by atoms with Crippen LogP contribution in [0.5, 0.6) is 17.2 Å². The number of methoxy groups -OCH3 is 1. The van der Waals surface area contributed by atoms with Gasteiger partial charge >= 0.3 is 0 Å². The zero-order valence-electron chi connectivity index (χ0n) is 23.7. The van der Waals surface area contributed by atoms with Crippen molar-refractivity contribution >= 4 is 27.5 Å². The maximum atomic E-state index is 13.8. The minimum absolute atomic E-state index is 0.0860. The molecular weight excluding hydrogens is 542 g/mol. The van der Waals surface area contributed by atoms with E-state index in [1.54, 1.807) is 50.4 Å². The summed E-state index contributed by atoms with van der Waals surface area (Å²) in [4.78, 5) is 28.5. The van der Waals surface area contributed by atoms with Crippen LogP contribution >= 0.6 is 0 Å². The third-order valence-corrected chi connectivity index (χ3v) is 8.28. The fraction of sp³-hybridized carbons (Fsp3) is 0.355. The molecule has 0 heterocycles. The van der Waals surface area contributed by atoms with Gasteiger partial charge < -0.3 is 19.7 Å². The standard InChI is InChI=1S/C31H37N3O6S/c1-23(31(36)32-25-11-7-8-12-25)33(21-24-10-9-15-29(20-24)39-2)30(35)22-34(41(3,37)38)26-16-18-28(19-17-26)40-27-13-5-4-6-14-27/h4-6,9-10,13-20,23,25H,7-8,11-12,21-22H2,1-3H3,(H,32,36)/t23-/m1/s1. The first-order valence-corrected chi connectivity index (χ1v) is 15.5. The van der Waals surface area contributed by atoms with Gasteiger partial charge in [0.15, 0.2) is 0 Å². The normalized spacial score (nSPS) is 14.2. The van der Waals surface area contributed by atoms with Gasteiger partial charge in [0.05, 0.1) is 19.1 Å². The molecule has 0 aliphatic heterocycles. The molecule has 0 radical (unpaired) electrons. The molecule has 1 aliphatic carbocycles. The first-order chi connectivity index (χ1) is 19.6. The summed E-state index contributed by atoms with van der Waals surface area (Å²) in [5.74, 6) is 1.02. The highest BCUT2D eigenvalue weighted by molar-refractivity contribution is 7.92. The van der Waals surface area contributed by atoms with Crippen molar-refractivity contribution in [2.24, 2.45) is 0 Å². The molecule has 2 amide bonds. The molecule has 3 aromatic rings. The monoisotopic (exact) mass is 579 g/mol. The van der Waals surface area contributed by atoms with E-state index in [4.69, 9.17) is 9.47 Å². The van der Waals surface area contributed by atoms with Gasteiger partial charge in [0.2, 0.25) is 21.8 Å². The number of ether oxygens (including phenoxy) is 2. The van der Waals surface area contributed by atoms with Gasteiger partial charge in [-0.1, -0.05) is 43.2 Å². The Morgan fingerprint density at radius 2 is 1.56 bits per heavy atom. The highest BCUT2D eigenvalue weighted by Gasteiger charge is 2.31. The van der Waals surface area contributed by atoms with Crippen molar-refractivity contribution in [1.29, 1.82) is 0 Å². The maximum Gasteiger partial charge on any atom is 0.244 e. The minimum Gasteiger partial charge on any atom is -0.497 e. The number of nitrogens with zero attached hydrogens (tertiary/aromatic N) is 2. The fourth-order valence-corrected chi connectivity index (χ4v) is 5.71. The zero-order valence-corrected chi connectivity index (χ0v) is 24.5. The number of para-hydroxylation sites is 1. The summed E-state index contributed by atoms with van der Waals surface area (Å²) in [5, 5.41) is 3.06. The highest BCUT2D eigenvalue weighted by Crippen LogP contribution is 2.26. The molecule has 4 rings (SSSR count). The summed E-state index contributed by atoms with van der Waals surface area (Å²) < 4.78 is 37.9. The van der Waals surface area contributed by atoms with E-state index in [-0.39, 0.29) is 18.5 Å². The number of rotatable bonds is 12. The molecule has 0 bridgehead atoms. The van der Waals surface area contributed by atoms with Crippen LogP contribution in [0.15, 0.2) is 78.9 Å². The number of hydrogen-bond acceptors (Lipinski definition) is 6. The zero-order chi connectivity index (χ0) is 29.4. The predicted molar refractivity (Wildman–Crippen MR) is 159 cm³/mol. The molecule has 0 aromatic heterocycles. The third-order valence-electron chi connectivity index (χ3n) is 7.14. The van der Waals surface area contributed by atoms with Crippen molar-refractivity contribution < 1.29 is 27.5 Å². The van der Waals surface area contributed by atoms with E-state index in [2.05, 4.69) is 5.32 Å². The van der Waals surface area contributed by atoms with Crippen molar-refractivity contribution in [2.45, 2.75) is 51.2 Å². The van der Waals surface area contributed by atoms with Crippen LogP contribution in [0.3, 0.4) is 0 Å². The van der Waals surface area contributed by atoms with E-state index < -0.39 is 28.5 Å². The first-order valence-electron chi connectivity index (χ1n) is 13.7. The lowest BCUT2D eigenvalue weighted by molar-refractivity contribution is -0.139. The fourth-order valence-electron chi connectivity index (χ4n) is 4.86. The Balaban J connectivity index is 1.56. The van der Waals surface area contributed by atoms with Crippen molar-refractivity contribution in [1.82, 2.24) is 10.2 Å². The SMILES string of the molecule is COc1cccc(CN(C(=O)CN(c2ccc(Oc3ccccc3)cc2)S(C)(=O)=O)[C@H](C)C(=O)NC2CCCC2)c1. The molecule has 1 atom stereocenters. The Labute approximate surface area is 242 Å². The van der Waals surface area contributed by atoms with E-state index in [0.29, 0.717) is 22.9 Å². The average Bonchev–Trinajstić information content (AvgIpc) is 3.48. The largest absolute Gasteiger partial charge is 0.497 e. The summed E-state index contributed by atoms with van der Waals surface area (Å²) >= 11 is 0. The molecule has 0 spiro atoms. The van der Waals surface area contributed by atoms with E-state index in [0.717, 1.165) is 41.8 Å². The average molecular weight is 580 g/mol. The number of hydrogen-bond donors (Lipinski definition) is 1. The number of nitrogens with one attached hydrogen (secondary N) is 1. The summed E-state index contributed by atoms with van der Waals surface area (Å²) in [5.41, 5.74) is 1.07. The Morgan fingerprint density at radius 3 is 2.20 bits per heavy atom. The first kappa shape index (κ1) is 29.9. The van der Waals surface area contributed by atoms with Gasteiger partial charge in [-0.2, -0.15) is 0 Å². The highest BCUT2D eigenvalue weighted by atomic mass is 32.2. The van der Waals surface area contributed by atoms with Gasteiger partial charge in [0.1, 0.15) is 29.8 Å². The van der Waals surface area contributed by atoms with E-state index >= 15 is 0 Å². The molecule has 1 N–H and O–H groups in total. The molecule has 0 saturated heterocycles. The topological polar surface area (TPSA) is 105 Å². The van der Waals surface area contributed by atoms with Crippen molar-refractivity contribution in [2.75, 3.05) is 24.2 Å². The Bertz CT molecular complexity index is 1420. The molecule has 1 aliphatic rings. The van der Waals surface area contributed by atoms with Gasteiger partial charge in [0.25, 0.3) is 0 Å². The summed E-state index contributed by atoms with van der Waals surface area (Å²) in [6, 6.07) is 22.2. The second kappa shape index (κ2) is 13.5. The van der Waals surface area contributed by atoms with E-state index in [9.17, 15) is 18.0 Å². The Kier molecular flexibility index (Phi) is 9.88. The number of amides is 2. The van der Waals surface area contributed by atoms with Crippen LogP contribution < -0.4 is 19.1 Å². The smallest absolute Gasteiger partial charge is 0.244 e. The number of benzene rings is 3. The van der Waals surface area contributed by atoms with Crippen molar-refractivity contribution in [3.8, 4) is 17.2 Å². The maximum absolute atomic E-state index is 13.8. The lowest BCUT2D eigenvalue weighted by Gasteiger charge is -2.32. The molecule has 218 valence electrons. The number of carbonyl (C=O) groups excluding carboxylic acids is 2. The third kappa shape index (κ3) is 8.23.